The first-order valence-corrected chi connectivity index (χ1v) is 14.4. The van der Waals surface area contributed by atoms with E-state index in [0.717, 1.165) is 48.5 Å². The van der Waals surface area contributed by atoms with Crippen molar-refractivity contribution in [3.63, 3.8) is 0 Å². The van der Waals surface area contributed by atoms with Crippen LogP contribution in [0.5, 0.6) is 23.0 Å². The van der Waals surface area contributed by atoms with Crippen LogP contribution >= 0.6 is 0 Å². The number of hydrogen-bond acceptors (Lipinski definition) is 6. The van der Waals surface area contributed by atoms with Crippen LogP contribution in [0.4, 0.5) is 52.7 Å². The van der Waals surface area contributed by atoms with Crippen LogP contribution in [0, 0.1) is 34.3 Å². The van der Waals surface area contributed by atoms with E-state index >= 15 is 0 Å². The first-order chi connectivity index (χ1) is 24.3. The average Bonchev–Trinajstić information content (AvgIpc) is 3.36. The summed E-state index contributed by atoms with van der Waals surface area (Å²) >= 11 is 0. The minimum absolute atomic E-state index is 0.157. The van der Waals surface area contributed by atoms with Crippen LogP contribution in [0.1, 0.15) is 69.6 Å². The molecule has 52 heavy (non-hydrogen) atoms. The number of aliphatic hydroxyl groups excluding tert-OH is 2. The van der Waals surface area contributed by atoms with Crippen molar-refractivity contribution in [3.8, 4) is 35.1 Å². The van der Waals surface area contributed by atoms with Crippen molar-refractivity contribution in [2.45, 2.75) is 49.2 Å². The monoisotopic (exact) mass is 746 g/mol. The smallest absolute Gasteiger partial charge is 0.307 e. The summed E-state index contributed by atoms with van der Waals surface area (Å²) in [5.41, 5.74) is -6.56. The van der Waals surface area contributed by atoms with E-state index < -0.39 is 106 Å². The Balaban J connectivity index is 0.000000201. The highest BCUT2D eigenvalue weighted by Crippen LogP contribution is 2.55. The molecule has 0 aromatic heterocycles. The summed E-state index contributed by atoms with van der Waals surface area (Å²) in [5, 5.41) is 37.0. The number of alkyl halides is 10. The molecule has 0 radical (unpaired) electrons. The number of aliphatic hydroxyl groups is 2. The summed E-state index contributed by atoms with van der Waals surface area (Å²) < 4.78 is 174. The second-order valence-corrected chi connectivity index (χ2v) is 11.2. The number of halogens is 12. The highest BCUT2D eigenvalue weighted by molar-refractivity contribution is 5.55. The van der Waals surface area contributed by atoms with Gasteiger partial charge in [0.05, 0.1) is 34.4 Å². The molecule has 4 aromatic carbocycles. The van der Waals surface area contributed by atoms with Gasteiger partial charge in [0.1, 0.15) is 46.8 Å². The zero-order chi connectivity index (χ0) is 38.4. The van der Waals surface area contributed by atoms with E-state index in [1.54, 1.807) is 12.1 Å². The summed E-state index contributed by atoms with van der Waals surface area (Å²) in [6, 6.07) is 11.6. The van der Waals surface area contributed by atoms with Crippen LogP contribution in [0.15, 0.2) is 60.7 Å². The predicted octanol–water partition coefficient (Wildman–Crippen LogP) is 9.81. The Hall–Kier alpha value is -5.46. The lowest BCUT2D eigenvalue weighted by molar-refractivity contribution is -0.104. The summed E-state index contributed by atoms with van der Waals surface area (Å²) in [6.45, 7) is 0. The molecule has 4 atom stereocenters. The predicted molar refractivity (Wildman–Crippen MR) is 153 cm³/mol. The van der Waals surface area contributed by atoms with Crippen LogP contribution in [-0.2, 0) is 11.8 Å². The van der Waals surface area contributed by atoms with Gasteiger partial charge in [-0.25, -0.2) is 35.1 Å². The Kier molecular flexibility index (Phi) is 10.1. The third-order valence-electron chi connectivity index (χ3n) is 7.94. The van der Waals surface area contributed by atoms with Crippen LogP contribution < -0.4 is 9.47 Å². The molecule has 0 aliphatic heterocycles. The van der Waals surface area contributed by atoms with Crippen molar-refractivity contribution in [2.75, 3.05) is 0 Å². The Morgan fingerprint density at radius 1 is 0.596 bits per heavy atom. The molecule has 0 fully saturated rings. The molecular weight excluding hydrogens is 728 g/mol. The van der Waals surface area contributed by atoms with Crippen molar-refractivity contribution in [2.24, 2.45) is 0 Å². The van der Waals surface area contributed by atoms with Crippen molar-refractivity contribution in [3.05, 3.63) is 117 Å². The van der Waals surface area contributed by atoms with Crippen molar-refractivity contribution in [1.82, 2.24) is 0 Å². The number of benzene rings is 4. The number of fused-ring (bicyclic) bond motifs is 2. The zero-order valence-corrected chi connectivity index (χ0v) is 25.4. The van der Waals surface area contributed by atoms with E-state index in [-0.39, 0.29) is 22.6 Å². The van der Waals surface area contributed by atoms with Gasteiger partial charge < -0.3 is 19.7 Å². The standard InChI is InChI=1S/2C17H9F6NO2/c2*18-8-3-7(6-24)4-9(5-8)26-11-2-1-10-12(13(11)16(20)21)14(25)15(19)17(10,22)23/h2*1-5,14-16,25H/t14-,15+;14-,15-/m10/s1. The highest BCUT2D eigenvalue weighted by Gasteiger charge is 2.57. The normalized spacial score (nSPS) is 20.7. The molecule has 0 unspecified atom stereocenters. The van der Waals surface area contributed by atoms with Crippen LogP contribution in [0.25, 0.3) is 0 Å². The van der Waals surface area contributed by atoms with Crippen molar-refractivity contribution >= 4 is 0 Å². The molecule has 0 amide bonds. The number of nitriles is 2. The molecule has 2 aliphatic rings. The molecular formula is C34H18F12N2O4. The summed E-state index contributed by atoms with van der Waals surface area (Å²) in [6.07, 6.45) is -17.8. The number of nitrogens with zero attached hydrogens (tertiary/aromatic N) is 2. The Labute approximate surface area is 284 Å². The minimum atomic E-state index is -4.14. The van der Waals surface area contributed by atoms with E-state index in [9.17, 15) is 62.9 Å². The third kappa shape index (κ3) is 6.67. The maximum absolute atomic E-state index is 13.8. The second-order valence-electron chi connectivity index (χ2n) is 11.2. The fraction of sp³-hybridized carbons (Fsp3) is 0.235. The quantitative estimate of drug-likeness (QED) is 0.190. The molecule has 2 N–H and O–H groups in total. The Morgan fingerprint density at radius 3 is 1.25 bits per heavy atom. The minimum Gasteiger partial charge on any atom is -0.457 e. The molecule has 0 heterocycles. The van der Waals surface area contributed by atoms with Gasteiger partial charge in [-0.05, 0) is 48.5 Å². The maximum Gasteiger partial charge on any atom is 0.307 e. The summed E-state index contributed by atoms with van der Waals surface area (Å²) in [7, 11) is 0. The molecule has 272 valence electrons. The van der Waals surface area contributed by atoms with Crippen LogP contribution in [0.2, 0.25) is 0 Å². The van der Waals surface area contributed by atoms with Crippen LogP contribution in [-0.4, -0.2) is 22.6 Å². The van der Waals surface area contributed by atoms with E-state index in [1.807, 2.05) is 0 Å². The van der Waals surface area contributed by atoms with Gasteiger partial charge in [0.15, 0.2) is 12.3 Å². The molecule has 6 rings (SSSR count). The fourth-order valence-corrected chi connectivity index (χ4v) is 5.69. The van der Waals surface area contributed by atoms with Gasteiger partial charge in [-0.3, -0.25) is 0 Å². The van der Waals surface area contributed by atoms with E-state index in [0.29, 0.717) is 12.1 Å². The SMILES string of the molecule is N#Cc1cc(F)cc(Oc2ccc3c(c2C(F)F)[C@@H](O)[C@H](F)C3(F)F)c1.N#Cc1cc(F)cc(Oc2ccc3c(c2C(F)F)[C@H](O)[C@H](F)C3(F)F)c1. The Morgan fingerprint density at radius 2 is 0.942 bits per heavy atom. The molecule has 0 saturated heterocycles. The van der Waals surface area contributed by atoms with Gasteiger partial charge in [-0.2, -0.15) is 28.1 Å². The first-order valence-electron chi connectivity index (χ1n) is 14.4. The number of hydrogen-bond donors (Lipinski definition) is 2. The lowest BCUT2D eigenvalue weighted by atomic mass is 10.0. The fourth-order valence-electron chi connectivity index (χ4n) is 5.69. The first kappa shape index (κ1) is 37.8. The van der Waals surface area contributed by atoms with E-state index in [4.69, 9.17) is 20.0 Å². The zero-order valence-electron chi connectivity index (χ0n) is 25.4. The number of rotatable bonds is 6. The van der Waals surface area contributed by atoms with Gasteiger partial charge in [-0.1, -0.05) is 0 Å². The van der Waals surface area contributed by atoms with Gasteiger partial charge in [0.25, 0.3) is 12.9 Å². The Bertz CT molecular complexity index is 1970. The summed E-state index contributed by atoms with van der Waals surface area (Å²) in [5.74, 6) is -12.0. The van der Waals surface area contributed by atoms with Crippen molar-refractivity contribution < 1.29 is 72.4 Å². The molecule has 0 spiro atoms. The van der Waals surface area contributed by atoms with Crippen LogP contribution in [0.3, 0.4) is 0 Å². The highest BCUT2D eigenvalue weighted by atomic mass is 19.3. The lowest BCUT2D eigenvalue weighted by Crippen LogP contribution is -2.24. The van der Waals surface area contributed by atoms with E-state index in [1.165, 1.54) is 0 Å². The van der Waals surface area contributed by atoms with Gasteiger partial charge in [-0.15, -0.1) is 0 Å². The average molecular weight is 747 g/mol. The molecule has 4 aromatic rings. The molecule has 0 saturated carbocycles. The molecule has 18 heteroatoms. The van der Waals surface area contributed by atoms with Gasteiger partial charge in [0.2, 0.25) is 0 Å². The topological polar surface area (TPSA) is 106 Å². The summed E-state index contributed by atoms with van der Waals surface area (Å²) in [4.78, 5) is 0. The van der Waals surface area contributed by atoms with Gasteiger partial charge in [0, 0.05) is 34.4 Å². The van der Waals surface area contributed by atoms with Crippen molar-refractivity contribution in [1.29, 1.82) is 10.5 Å². The number of ether oxygens (including phenoxy) is 2. The molecule has 2 aliphatic carbocycles. The lowest BCUT2D eigenvalue weighted by Gasteiger charge is -2.16. The molecule has 6 nitrogen and oxygen atoms in total. The van der Waals surface area contributed by atoms with E-state index in [2.05, 4.69) is 0 Å². The third-order valence-corrected chi connectivity index (χ3v) is 7.94. The molecule has 0 bridgehead atoms. The largest absolute Gasteiger partial charge is 0.457 e. The second kappa shape index (κ2) is 13.9. The van der Waals surface area contributed by atoms with Gasteiger partial charge >= 0.3 is 11.8 Å². The maximum atomic E-state index is 13.8.